The minimum Gasteiger partial charge on any atom is -0.336 e. The lowest BCUT2D eigenvalue weighted by atomic mass is 10.2. The van der Waals surface area contributed by atoms with E-state index in [1.807, 2.05) is 18.4 Å². The summed E-state index contributed by atoms with van der Waals surface area (Å²) in [6, 6.07) is 6.04. The molecule has 0 aliphatic carbocycles. The van der Waals surface area contributed by atoms with Gasteiger partial charge in [0, 0.05) is 19.6 Å². The maximum absolute atomic E-state index is 14.2. The lowest BCUT2D eigenvalue weighted by Gasteiger charge is -2.18. The summed E-state index contributed by atoms with van der Waals surface area (Å²) in [5, 5.41) is 11.0. The third-order valence-corrected chi connectivity index (χ3v) is 5.20. The Kier molecular flexibility index (Phi) is 5.79. The van der Waals surface area contributed by atoms with E-state index in [0.29, 0.717) is 36.2 Å². The van der Waals surface area contributed by atoms with Crippen LogP contribution in [0.15, 0.2) is 29.4 Å². The van der Waals surface area contributed by atoms with E-state index in [4.69, 9.17) is 0 Å². The summed E-state index contributed by atoms with van der Waals surface area (Å²) in [6.45, 7) is 7.23. The van der Waals surface area contributed by atoms with E-state index in [-0.39, 0.29) is 23.7 Å². The quantitative estimate of drug-likeness (QED) is 0.766. The lowest BCUT2D eigenvalue weighted by molar-refractivity contribution is -0.126. The molecule has 1 saturated heterocycles. The first-order chi connectivity index (χ1) is 12.9. The van der Waals surface area contributed by atoms with Crippen molar-refractivity contribution in [3.63, 3.8) is 0 Å². The van der Waals surface area contributed by atoms with Crippen LogP contribution in [-0.4, -0.2) is 49.9 Å². The van der Waals surface area contributed by atoms with E-state index in [1.165, 1.54) is 22.7 Å². The Hall–Kier alpha value is -2.42. The Bertz CT molecular complexity index is 854. The predicted octanol–water partition coefficient (Wildman–Crippen LogP) is 2.77. The number of hydrogen-bond acceptors (Lipinski definition) is 5. The van der Waals surface area contributed by atoms with E-state index in [9.17, 15) is 14.0 Å². The Morgan fingerprint density at radius 2 is 2.04 bits per heavy atom. The van der Waals surface area contributed by atoms with E-state index in [2.05, 4.69) is 15.5 Å². The van der Waals surface area contributed by atoms with Crippen molar-refractivity contribution in [2.75, 3.05) is 13.1 Å². The number of halogens is 1. The first-order valence-corrected chi connectivity index (χ1v) is 9.70. The molecule has 2 heterocycles. The summed E-state index contributed by atoms with van der Waals surface area (Å²) in [5.74, 6) is 0.0648. The van der Waals surface area contributed by atoms with E-state index in [1.54, 1.807) is 25.1 Å². The van der Waals surface area contributed by atoms with Crippen molar-refractivity contribution in [1.82, 2.24) is 25.0 Å². The van der Waals surface area contributed by atoms with Gasteiger partial charge in [-0.3, -0.25) is 9.69 Å². The number of thioether (sulfide) groups is 1. The van der Waals surface area contributed by atoms with Crippen LogP contribution in [0.25, 0.3) is 11.4 Å². The summed E-state index contributed by atoms with van der Waals surface area (Å²) < 4.78 is 16.1. The van der Waals surface area contributed by atoms with E-state index in [0.717, 1.165) is 0 Å². The van der Waals surface area contributed by atoms with Crippen LogP contribution in [0, 0.1) is 11.7 Å². The average Bonchev–Trinajstić information content (AvgIpc) is 3.21. The Morgan fingerprint density at radius 1 is 1.30 bits per heavy atom. The van der Waals surface area contributed by atoms with Crippen LogP contribution in [0.2, 0.25) is 0 Å². The number of carbonyl (C=O) groups is 2. The van der Waals surface area contributed by atoms with Crippen LogP contribution in [0.5, 0.6) is 0 Å². The fourth-order valence-corrected chi connectivity index (χ4v) is 3.78. The molecule has 0 bridgehead atoms. The molecule has 3 rings (SSSR count). The highest BCUT2D eigenvalue weighted by atomic mass is 32.2. The highest BCUT2D eigenvalue weighted by Gasteiger charge is 2.31. The summed E-state index contributed by atoms with van der Waals surface area (Å²) in [6.07, 6.45) is 0. The topological polar surface area (TPSA) is 80.1 Å². The van der Waals surface area contributed by atoms with Gasteiger partial charge in [0.25, 0.3) is 0 Å². The molecule has 1 aromatic heterocycles. The molecule has 0 spiro atoms. The average molecular weight is 391 g/mol. The maximum Gasteiger partial charge on any atom is 0.324 e. The Labute approximate surface area is 161 Å². The smallest absolute Gasteiger partial charge is 0.324 e. The van der Waals surface area contributed by atoms with Crippen molar-refractivity contribution in [3.05, 3.63) is 30.1 Å². The zero-order valence-electron chi connectivity index (χ0n) is 15.5. The number of nitrogens with one attached hydrogen (secondary N) is 1. The standard InChI is InChI=1S/C18H22FN5O2S/c1-11(2)10-24-15(13-6-4-5-7-14(13)19)21-22-18(24)27-12(3)16(25)23-9-8-20-17(23)26/h4-7,11-12H,8-10H2,1-3H3,(H,20,26). The number of urea groups is 1. The van der Waals surface area contributed by atoms with Crippen molar-refractivity contribution in [2.45, 2.75) is 37.7 Å². The molecule has 1 fully saturated rings. The van der Waals surface area contributed by atoms with Gasteiger partial charge in [0.15, 0.2) is 11.0 Å². The summed E-state index contributed by atoms with van der Waals surface area (Å²) in [5.41, 5.74) is 0.371. The van der Waals surface area contributed by atoms with E-state index < -0.39 is 5.25 Å². The molecular formula is C18H22FN5O2S. The van der Waals surface area contributed by atoms with Gasteiger partial charge >= 0.3 is 6.03 Å². The minimum absolute atomic E-state index is 0.276. The maximum atomic E-state index is 14.2. The molecule has 1 aliphatic rings. The molecule has 1 aromatic carbocycles. The van der Waals surface area contributed by atoms with E-state index >= 15 is 0 Å². The summed E-state index contributed by atoms with van der Waals surface area (Å²) in [7, 11) is 0. The SMILES string of the molecule is CC(C)Cn1c(SC(C)C(=O)N2CCNC2=O)nnc1-c1ccccc1F. The second kappa shape index (κ2) is 8.08. The fraction of sp³-hybridized carbons (Fsp3) is 0.444. The van der Waals surface area contributed by atoms with Crippen LogP contribution in [0.1, 0.15) is 20.8 Å². The number of amides is 3. The molecule has 1 unspecified atom stereocenters. The van der Waals surface area contributed by atoms with Gasteiger partial charge in [0.1, 0.15) is 5.82 Å². The van der Waals surface area contributed by atoms with Gasteiger partial charge in [0.05, 0.1) is 10.8 Å². The molecule has 9 heteroatoms. The highest BCUT2D eigenvalue weighted by Crippen LogP contribution is 2.29. The van der Waals surface area contributed by atoms with Crippen molar-refractivity contribution in [1.29, 1.82) is 0 Å². The van der Waals surface area contributed by atoms with Crippen LogP contribution in [0.3, 0.4) is 0 Å². The van der Waals surface area contributed by atoms with Crippen molar-refractivity contribution >= 4 is 23.7 Å². The van der Waals surface area contributed by atoms with Gasteiger partial charge in [-0.2, -0.15) is 0 Å². The molecular weight excluding hydrogens is 369 g/mol. The number of nitrogens with zero attached hydrogens (tertiary/aromatic N) is 4. The fourth-order valence-electron chi connectivity index (χ4n) is 2.86. The summed E-state index contributed by atoms with van der Waals surface area (Å²) in [4.78, 5) is 25.5. The van der Waals surface area contributed by atoms with Gasteiger partial charge in [-0.1, -0.05) is 37.7 Å². The van der Waals surface area contributed by atoms with Crippen LogP contribution in [-0.2, 0) is 11.3 Å². The molecule has 1 aliphatic heterocycles. The predicted molar refractivity (Wildman–Crippen MR) is 101 cm³/mol. The number of carbonyl (C=O) groups excluding carboxylic acids is 2. The van der Waals surface area contributed by atoms with Crippen LogP contribution in [0.4, 0.5) is 9.18 Å². The van der Waals surface area contributed by atoms with Crippen LogP contribution < -0.4 is 5.32 Å². The summed E-state index contributed by atoms with van der Waals surface area (Å²) >= 11 is 1.23. The zero-order chi connectivity index (χ0) is 19.6. The number of hydrogen-bond donors (Lipinski definition) is 1. The zero-order valence-corrected chi connectivity index (χ0v) is 16.3. The second-order valence-corrected chi connectivity index (χ2v) is 8.08. The molecule has 3 amide bonds. The first kappa shape index (κ1) is 19.3. The number of imide groups is 1. The van der Waals surface area contributed by atoms with Crippen molar-refractivity contribution < 1.29 is 14.0 Å². The number of benzene rings is 1. The molecule has 7 nitrogen and oxygen atoms in total. The Balaban J connectivity index is 1.88. The van der Waals surface area contributed by atoms with Crippen molar-refractivity contribution in [3.8, 4) is 11.4 Å². The lowest BCUT2D eigenvalue weighted by Crippen LogP contribution is -2.39. The van der Waals surface area contributed by atoms with Gasteiger partial charge in [0.2, 0.25) is 5.91 Å². The minimum atomic E-state index is -0.516. The normalized spacial score (nSPS) is 15.3. The number of aromatic nitrogens is 3. The molecule has 27 heavy (non-hydrogen) atoms. The second-order valence-electron chi connectivity index (χ2n) is 6.77. The van der Waals surface area contributed by atoms with Gasteiger partial charge in [-0.05, 0) is 25.0 Å². The van der Waals surface area contributed by atoms with Crippen LogP contribution >= 0.6 is 11.8 Å². The molecule has 2 aromatic rings. The largest absolute Gasteiger partial charge is 0.336 e. The first-order valence-electron chi connectivity index (χ1n) is 8.82. The molecule has 144 valence electrons. The molecule has 0 saturated carbocycles. The van der Waals surface area contributed by atoms with Gasteiger partial charge < -0.3 is 9.88 Å². The number of rotatable bonds is 6. The third-order valence-electron chi connectivity index (χ3n) is 4.13. The molecule has 1 atom stereocenters. The van der Waals surface area contributed by atoms with Crippen molar-refractivity contribution in [2.24, 2.45) is 5.92 Å². The Morgan fingerprint density at radius 3 is 2.67 bits per heavy atom. The third kappa shape index (κ3) is 4.13. The monoisotopic (exact) mass is 391 g/mol. The van der Waals surface area contributed by atoms with Gasteiger partial charge in [-0.25, -0.2) is 9.18 Å². The molecule has 1 N–H and O–H groups in total. The van der Waals surface area contributed by atoms with Gasteiger partial charge in [-0.15, -0.1) is 10.2 Å². The molecule has 0 radical (unpaired) electrons. The highest BCUT2D eigenvalue weighted by molar-refractivity contribution is 8.00.